The van der Waals surface area contributed by atoms with Crippen LogP contribution in [-0.2, 0) is 13.0 Å². The van der Waals surface area contributed by atoms with Crippen molar-refractivity contribution in [2.24, 2.45) is 0 Å². The smallest absolute Gasteiger partial charge is 0.328 e. The zero-order chi connectivity index (χ0) is 18.5. The van der Waals surface area contributed by atoms with Gasteiger partial charge in [0.05, 0.1) is 6.54 Å². The van der Waals surface area contributed by atoms with Gasteiger partial charge in [0.1, 0.15) is 5.69 Å². The van der Waals surface area contributed by atoms with Crippen molar-refractivity contribution in [2.45, 2.75) is 26.8 Å². The van der Waals surface area contributed by atoms with Crippen molar-refractivity contribution in [1.29, 1.82) is 0 Å². The van der Waals surface area contributed by atoms with Gasteiger partial charge in [0.25, 0.3) is 5.56 Å². The summed E-state index contributed by atoms with van der Waals surface area (Å²) in [5.74, 6) is 0. The Labute approximate surface area is 152 Å². The molecule has 0 radical (unpaired) electrons. The number of H-pyrrole nitrogens is 1. The van der Waals surface area contributed by atoms with Gasteiger partial charge in [0.2, 0.25) is 0 Å². The van der Waals surface area contributed by atoms with Gasteiger partial charge in [-0.3, -0.25) is 14.3 Å². The lowest BCUT2D eigenvalue weighted by atomic mass is 10.1. The summed E-state index contributed by atoms with van der Waals surface area (Å²) in [4.78, 5) is 26.6. The number of benzene rings is 2. The minimum atomic E-state index is -0.400. The number of aryl methyl sites for hydroxylation is 2. The van der Waals surface area contributed by atoms with E-state index in [9.17, 15) is 9.59 Å². The maximum Gasteiger partial charge on any atom is 0.328 e. The first-order chi connectivity index (χ1) is 12.5. The van der Waals surface area contributed by atoms with Crippen molar-refractivity contribution in [3.63, 3.8) is 0 Å². The zero-order valence-electron chi connectivity index (χ0n) is 15.1. The summed E-state index contributed by atoms with van der Waals surface area (Å²) >= 11 is 0. The Morgan fingerprint density at radius 3 is 2.35 bits per heavy atom. The first-order valence-electron chi connectivity index (χ1n) is 8.70. The van der Waals surface area contributed by atoms with Gasteiger partial charge < -0.3 is 5.32 Å². The van der Waals surface area contributed by atoms with Gasteiger partial charge in [-0.15, -0.1) is 0 Å². The molecule has 1 aromatic heterocycles. The van der Waals surface area contributed by atoms with E-state index in [4.69, 9.17) is 0 Å². The molecule has 0 saturated carbocycles. The number of nitrogens with zero attached hydrogens (tertiary/aromatic N) is 1. The molecule has 1 heterocycles. The zero-order valence-corrected chi connectivity index (χ0v) is 15.1. The molecule has 0 unspecified atom stereocenters. The number of rotatable bonds is 6. The van der Waals surface area contributed by atoms with Crippen LogP contribution < -0.4 is 16.6 Å². The van der Waals surface area contributed by atoms with Crippen molar-refractivity contribution in [1.82, 2.24) is 9.55 Å². The van der Waals surface area contributed by atoms with Crippen LogP contribution in [0.2, 0.25) is 0 Å². The van der Waals surface area contributed by atoms with E-state index in [0.29, 0.717) is 18.8 Å². The number of hydrogen-bond acceptors (Lipinski definition) is 3. The molecule has 0 spiro atoms. The fraction of sp³-hybridized carbons (Fsp3) is 0.238. The van der Waals surface area contributed by atoms with E-state index in [-0.39, 0.29) is 5.56 Å². The molecule has 0 aliphatic carbocycles. The fourth-order valence-electron chi connectivity index (χ4n) is 3.10. The Kier molecular flexibility index (Phi) is 5.37. The maximum atomic E-state index is 12.1. The number of anilines is 1. The van der Waals surface area contributed by atoms with Gasteiger partial charge in [-0.25, -0.2) is 4.79 Å². The van der Waals surface area contributed by atoms with Crippen LogP contribution in [0.4, 0.5) is 5.69 Å². The van der Waals surface area contributed by atoms with Crippen LogP contribution >= 0.6 is 0 Å². The topological polar surface area (TPSA) is 66.9 Å². The molecule has 26 heavy (non-hydrogen) atoms. The molecule has 3 rings (SSSR count). The summed E-state index contributed by atoms with van der Waals surface area (Å²) in [5.41, 5.74) is 4.15. The van der Waals surface area contributed by atoms with E-state index < -0.39 is 5.69 Å². The van der Waals surface area contributed by atoms with Gasteiger partial charge >= 0.3 is 5.69 Å². The Bertz CT molecular complexity index is 984. The molecule has 0 atom stereocenters. The van der Waals surface area contributed by atoms with Gasteiger partial charge in [-0.2, -0.15) is 0 Å². The van der Waals surface area contributed by atoms with E-state index in [1.54, 1.807) is 6.20 Å². The molecule has 0 bridgehead atoms. The molecule has 0 aliphatic heterocycles. The summed E-state index contributed by atoms with van der Waals surface area (Å²) in [6.45, 7) is 5.10. The molecular weight excluding hydrogens is 326 g/mol. The van der Waals surface area contributed by atoms with Crippen LogP contribution in [0.3, 0.4) is 0 Å². The molecule has 2 N–H and O–H groups in total. The van der Waals surface area contributed by atoms with Crippen LogP contribution in [0.1, 0.15) is 22.3 Å². The lowest BCUT2D eigenvalue weighted by Crippen LogP contribution is -2.31. The second-order valence-electron chi connectivity index (χ2n) is 6.59. The average molecular weight is 349 g/mol. The van der Waals surface area contributed by atoms with Crippen molar-refractivity contribution in [3.05, 3.63) is 97.8 Å². The third-order valence-corrected chi connectivity index (χ3v) is 4.22. The summed E-state index contributed by atoms with van der Waals surface area (Å²) < 4.78 is 1.53. The highest BCUT2D eigenvalue weighted by molar-refractivity contribution is 5.38. The van der Waals surface area contributed by atoms with E-state index in [1.165, 1.54) is 10.1 Å². The molecule has 134 valence electrons. The van der Waals surface area contributed by atoms with Crippen LogP contribution in [-0.4, -0.2) is 16.1 Å². The van der Waals surface area contributed by atoms with Crippen LogP contribution in [0, 0.1) is 13.8 Å². The lowest BCUT2D eigenvalue weighted by Gasteiger charge is -2.11. The van der Waals surface area contributed by atoms with Crippen molar-refractivity contribution in [3.8, 4) is 0 Å². The molecule has 2 aromatic carbocycles. The molecular formula is C21H23N3O2. The standard InChI is InChI=1S/C21H23N3O2/c1-15-10-16(2)12-18(11-15)13-24-14-19(20(25)23-21(24)26)22-9-8-17-6-4-3-5-7-17/h3-7,10-12,14,22H,8-9,13H2,1-2H3,(H,23,25,26). The van der Waals surface area contributed by atoms with Crippen LogP contribution in [0.5, 0.6) is 0 Å². The Hall–Kier alpha value is -3.08. The second-order valence-corrected chi connectivity index (χ2v) is 6.59. The molecule has 3 aromatic rings. The van der Waals surface area contributed by atoms with E-state index in [2.05, 4.69) is 16.4 Å². The quantitative estimate of drug-likeness (QED) is 0.719. The maximum absolute atomic E-state index is 12.1. The van der Waals surface area contributed by atoms with E-state index in [1.807, 2.05) is 56.3 Å². The monoisotopic (exact) mass is 349 g/mol. The van der Waals surface area contributed by atoms with Gasteiger partial charge in [0.15, 0.2) is 0 Å². The summed E-state index contributed by atoms with van der Waals surface area (Å²) in [7, 11) is 0. The third kappa shape index (κ3) is 4.51. The highest BCUT2D eigenvalue weighted by Crippen LogP contribution is 2.10. The predicted molar refractivity (Wildman–Crippen MR) is 105 cm³/mol. The van der Waals surface area contributed by atoms with Crippen molar-refractivity contribution >= 4 is 5.69 Å². The highest BCUT2D eigenvalue weighted by Gasteiger charge is 2.06. The Balaban J connectivity index is 1.76. The number of nitrogens with one attached hydrogen (secondary N) is 2. The van der Waals surface area contributed by atoms with Crippen molar-refractivity contribution < 1.29 is 0 Å². The second kappa shape index (κ2) is 7.87. The number of hydrogen-bond donors (Lipinski definition) is 2. The fourth-order valence-corrected chi connectivity index (χ4v) is 3.10. The minimum Gasteiger partial charge on any atom is -0.379 e. The van der Waals surface area contributed by atoms with Crippen LogP contribution in [0.25, 0.3) is 0 Å². The molecule has 0 aliphatic rings. The minimum absolute atomic E-state index is 0.389. The molecule has 5 nitrogen and oxygen atoms in total. The van der Waals surface area contributed by atoms with E-state index in [0.717, 1.165) is 23.1 Å². The first-order valence-corrected chi connectivity index (χ1v) is 8.70. The largest absolute Gasteiger partial charge is 0.379 e. The normalized spacial score (nSPS) is 10.7. The molecule has 0 saturated heterocycles. The number of aromatic amines is 1. The van der Waals surface area contributed by atoms with Gasteiger partial charge in [0, 0.05) is 12.7 Å². The summed E-state index contributed by atoms with van der Waals surface area (Å²) in [6.07, 6.45) is 2.40. The SMILES string of the molecule is Cc1cc(C)cc(Cn2cc(NCCc3ccccc3)c(=O)[nH]c2=O)c1. The van der Waals surface area contributed by atoms with Crippen LogP contribution in [0.15, 0.2) is 64.3 Å². The molecule has 0 amide bonds. The third-order valence-electron chi connectivity index (χ3n) is 4.22. The first kappa shape index (κ1) is 17.7. The predicted octanol–water partition coefficient (Wildman–Crippen LogP) is 2.86. The highest BCUT2D eigenvalue weighted by atomic mass is 16.2. The number of aromatic nitrogens is 2. The van der Waals surface area contributed by atoms with Gasteiger partial charge in [-0.1, -0.05) is 59.7 Å². The molecule has 0 fully saturated rings. The summed E-state index contributed by atoms with van der Waals surface area (Å²) in [6, 6.07) is 16.2. The Morgan fingerprint density at radius 1 is 0.962 bits per heavy atom. The summed E-state index contributed by atoms with van der Waals surface area (Å²) in [5, 5.41) is 3.13. The molecule has 5 heteroatoms. The lowest BCUT2D eigenvalue weighted by molar-refractivity contribution is 0.720. The van der Waals surface area contributed by atoms with Crippen molar-refractivity contribution in [2.75, 3.05) is 11.9 Å². The Morgan fingerprint density at radius 2 is 1.65 bits per heavy atom. The van der Waals surface area contributed by atoms with Gasteiger partial charge in [-0.05, 0) is 31.4 Å². The average Bonchev–Trinajstić information content (AvgIpc) is 2.59. The van der Waals surface area contributed by atoms with E-state index >= 15 is 0 Å².